The highest BCUT2D eigenvalue weighted by Crippen LogP contribution is 2.19. The lowest BCUT2D eigenvalue weighted by atomic mass is 10.3. The highest BCUT2D eigenvalue weighted by atomic mass is 35.5. The number of nitrogens with zero attached hydrogens (tertiary/aromatic N) is 1. The van der Waals surface area contributed by atoms with Gasteiger partial charge in [0.1, 0.15) is 11.6 Å². The van der Waals surface area contributed by atoms with Gasteiger partial charge in [0.15, 0.2) is 0 Å². The molecule has 0 saturated carbocycles. The quantitative estimate of drug-likeness (QED) is 0.806. The van der Waals surface area contributed by atoms with Crippen LogP contribution in [0.3, 0.4) is 0 Å². The zero-order valence-corrected chi connectivity index (χ0v) is 12.1. The Kier molecular flexibility index (Phi) is 11.1. The topological polar surface area (TPSA) is 77.2 Å². The highest BCUT2D eigenvalue weighted by molar-refractivity contribution is 6.31. The van der Waals surface area contributed by atoms with Crippen LogP contribution in [0.15, 0.2) is 18.3 Å². The molecule has 0 spiro atoms. The molecule has 8 heteroatoms. The lowest BCUT2D eigenvalue weighted by Crippen LogP contribution is -2.40. The average Bonchev–Trinajstić information content (AvgIpc) is 2.26. The van der Waals surface area contributed by atoms with Gasteiger partial charge in [-0.3, -0.25) is 4.79 Å². The van der Waals surface area contributed by atoms with Crippen LogP contribution in [-0.2, 0) is 4.79 Å². The smallest absolute Gasteiger partial charge is 0.236 e. The van der Waals surface area contributed by atoms with Gasteiger partial charge in [-0.2, -0.15) is 0 Å². The first-order valence-electron chi connectivity index (χ1n) is 4.88. The Balaban J connectivity index is 0. The molecular formula is C10H16Cl3N3O2. The zero-order chi connectivity index (χ0) is 12.0. The Morgan fingerprint density at radius 1 is 1.61 bits per heavy atom. The summed E-state index contributed by atoms with van der Waals surface area (Å²) in [6, 6.07) is 2.88. The molecule has 0 aliphatic carbocycles. The fourth-order valence-electron chi connectivity index (χ4n) is 0.960. The van der Waals surface area contributed by atoms with Gasteiger partial charge in [0.2, 0.25) is 11.8 Å². The van der Waals surface area contributed by atoms with Gasteiger partial charge in [-0.1, -0.05) is 11.6 Å². The van der Waals surface area contributed by atoms with Crippen molar-refractivity contribution in [2.45, 2.75) is 13.0 Å². The van der Waals surface area contributed by atoms with Crippen LogP contribution in [0.25, 0.3) is 0 Å². The van der Waals surface area contributed by atoms with E-state index in [4.69, 9.17) is 22.1 Å². The number of hydrogen-bond acceptors (Lipinski definition) is 4. The number of carbonyl (C=O) groups is 1. The number of halogens is 3. The maximum Gasteiger partial charge on any atom is 0.236 e. The lowest BCUT2D eigenvalue weighted by Gasteiger charge is -2.09. The number of ether oxygens (including phenoxy) is 1. The SMILES string of the molecule is C[C@@H](N)C(=O)NCCOc1ncccc1Cl.Cl.Cl. The average molecular weight is 317 g/mol. The number of aromatic nitrogens is 1. The molecule has 0 aliphatic heterocycles. The molecule has 5 nitrogen and oxygen atoms in total. The summed E-state index contributed by atoms with van der Waals surface area (Å²) in [6.45, 7) is 2.29. The molecule has 0 radical (unpaired) electrons. The molecule has 0 saturated heterocycles. The monoisotopic (exact) mass is 315 g/mol. The van der Waals surface area contributed by atoms with Crippen LogP contribution in [0, 0.1) is 0 Å². The first kappa shape index (κ1) is 19.6. The van der Waals surface area contributed by atoms with Gasteiger partial charge >= 0.3 is 0 Å². The Hall–Kier alpha value is -0.750. The van der Waals surface area contributed by atoms with E-state index in [-0.39, 0.29) is 30.7 Å². The molecule has 0 unspecified atom stereocenters. The molecule has 1 rings (SSSR count). The van der Waals surface area contributed by atoms with Crippen molar-refractivity contribution >= 4 is 42.3 Å². The summed E-state index contributed by atoms with van der Waals surface area (Å²) in [4.78, 5) is 15.0. The number of hydrogen-bond donors (Lipinski definition) is 2. The zero-order valence-electron chi connectivity index (χ0n) is 9.76. The molecule has 1 aromatic rings. The van der Waals surface area contributed by atoms with Crippen molar-refractivity contribution in [2.24, 2.45) is 5.73 Å². The third-order valence-corrected chi connectivity index (χ3v) is 2.07. The first-order chi connectivity index (χ1) is 7.61. The fraction of sp³-hybridized carbons (Fsp3) is 0.400. The molecule has 3 N–H and O–H groups in total. The fourth-order valence-corrected chi connectivity index (χ4v) is 1.14. The maximum absolute atomic E-state index is 11.1. The van der Waals surface area contributed by atoms with Gasteiger partial charge in [-0.05, 0) is 19.1 Å². The van der Waals surface area contributed by atoms with Gasteiger partial charge < -0.3 is 15.8 Å². The van der Waals surface area contributed by atoms with Gasteiger partial charge in [-0.25, -0.2) is 4.98 Å². The minimum Gasteiger partial charge on any atom is -0.475 e. The van der Waals surface area contributed by atoms with Gasteiger partial charge in [0.25, 0.3) is 0 Å². The van der Waals surface area contributed by atoms with Crippen LogP contribution < -0.4 is 15.8 Å². The van der Waals surface area contributed by atoms with Crippen molar-refractivity contribution in [1.82, 2.24) is 10.3 Å². The van der Waals surface area contributed by atoms with E-state index in [2.05, 4.69) is 10.3 Å². The molecule has 1 amide bonds. The van der Waals surface area contributed by atoms with Crippen LogP contribution in [0.1, 0.15) is 6.92 Å². The van der Waals surface area contributed by atoms with Crippen LogP contribution in [0.5, 0.6) is 5.88 Å². The largest absolute Gasteiger partial charge is 0.475 e. The van der Waals surface area contributed by atoms with E-state index in [1.807, 2.05) is 0 Å². The van der Waals surface area contributed by atoms with Crippen LogP contribution in [0.2, 0.25) is 5.02 Å². The number of nitrogens with one attached hydrogen (secondary N) is 1. The third kappa shape index (κ3) is 6.86. The summed E-state index contributed by atoms with van der Waals surface area (Å²) in [7, 11) is 0. The molecule has 0 aromatic carbocycles. The molecule has 0 bridgehead atoms. The summed E-state index contributed by atoms with van der Waals surface area (Å²) >= 11 is 5.82. The number of carbonyl (C=O) groups excluding carboxylic acids is 1. The van der Waals surface area contributed by atoms with Crippen molar-refractivity contribution in [3.05, 3.63) is 23.4 Å². The highest BCUT2D eigenvalue weighted by Gasteiger charge is 2.06. The number of amides is 1. The van der Waals surface area contributed by atoms with Crippen molar-refractivity contribution in [2.75, 3.05) is 13.2 Å². The van der Waals surface area contributed by atoms with Gasteiger partial charge in [0.05, 0.1) is 12.6 Å². The first-order valence-corrected chi connectivity index (χ1v) is 5.25. The van der Waals surface area contributed by atoms with Crippen molar-refractivity contribution in [1.29, 1.82) is 0 Å². The van der Waals surface area contributed by atoms with Crippen LogP contribution in [0.4, 0.5) is 0 Å². The molecular weight excluding hydrogens is 300 g/mol. The summed E-state index contributed by atoms with van der Waals surface area (Å²) in [6.07, 6.45) is 1.59. The van der Waals surface area contributed by atoms with E-state index >= 15 is 0 Å². The maximum atomic E-state index is 11.1. The predicted molar refractivity (Wildman–Crippen MR) is 75.9 cm³/mol. The van der Waals surface area contributed by atoms with E-state index < -0.39 is 6.04 Å². The van der Waals surface area contributed by atoms with Crippen molar-refractivity contribution in [3.8, 4) is 5.88 Å². The summed E-state index contributed by atoms with van der Waals surface area (Å²) in [5.74, 6) is 0.148. The van der Waals surface area contributed by atoms with E-state index in [9.17, 15) is 4.79 Å². The molecule has 18 heavy (non-hydrogen) atoms. The number of rotatable bonds is 5. The second kappa shape index (κ2) is 10.2. The molecule has 0 aliphatic rings. The summed E-state index contributed by atoms with van der Waals surface area (Å²) < 4.78 is 5.27. The standard InChI is InChI=1S/C10H14ClN3O2.2ClH/c1-7(12)9(15)13-5-6-16-10-8(11)3-2-4-14-10;;/h2-4,7H,5-6,12H2,1H3,(H,13,15);2*1H/t7-;;/m1../s1. The van der Waals surface area contributed by atoms with E-state index in [1.165, 1.54) is 0 Å². The molecule has 104 valence electrons. The van der Waals surface area contributed by atoms with Crippen molar-refractivity contribution < 1.29 is 9.53 Å². The van der Waals surface area contributed by atoms with E-state index in [0.717, 1.165) is 0 Å². The number of nitrogens with two attached hydrogens (primary N) is 1. The predicted octanol–water partition coefficient (Wildman–Crippen LogP) is 1.42. The Morgan fingerprint density at radius 3 is 2.83 bits per heavy atom. The minimum atomic E-state index is -0.515. The van der Waals surface area contributed by atoms with Crippen LogP contribution in [-0.4, -0.2) is 30.1 Å². The van der Waals surface area contributed by atoms with E-state index in [0.29, 0.717) is 24.1 Å². The van der Waals surface area contributed by atoms with Gasteiger partial charge in [-0.15, -0.1) is 24.8 Å². The third-order valence-electron chi connectivity index (χ3n) is 1.78. The summed E-state index contributed by atoms with van der Waals surface area (Å²) in [5, 5.41) is 3.06. The van der Waals surface area contributed by atoms with Crippen LogP contribution >= 0.6 is 36.4 Å². The normalized spacial score (nSPS) is 10.6. The molecule has 0 fully saturated rings. The Morgan fingerprint density at radius 2 is 2.28 bits per heavy atom. The van der Waals surface area contributed by atoms with E-state index in [1.54, 1.807) is 25.3 Å². The lowest BCUT2D eigenvalue weighted by molar-refractivity contribution is -0.122. The molecule has 1 heterocycles. The second-order valence-corrected chi connectivity index (χ2v) is 3.63. The molecule has 1 aromatic heterocycles. The summed E-state index contributed by atoms with van der Waals surface area (Å²) in [5.41, 5.74) is 5.37. The number of pyridine rings is 1. The van der Waals surface area contributed by atoms with Gasteiger partial charge in [0, 0.05) is 6.20 Å². The van der Waals surface area contributed by atoms with Crippen molar-refractivity contribution in [3.63, 3.8) is 0 Å². The Bertz CT molecular complexity index is 364. The molecule has 1 atom stereocenters. The Labute approximate surface area is 123 Å². The second-order valence-electron chi connectivity index (χ2n) is 3.22. The minimum absolute atomic E-state index is 0.